The van der Waals surface area contributed by atoms with Crippen LogP contribution in [0.4, 0.5) is 0 Å². The van der Waals surface area contributed by atoms with Crippen molar-refractivity contribution in [1.82, 2.24) is 10.2 Å². The van der Waals surface area contributed by atoms with Crippen LogP contribution < -0.4 is 5.32 Å². The number of rotatable bonds is 4. The molecule has 0 amide bonds. The van der Waals surface area contributed by atoms with Crippen LogP contribution in [0.2, 0.25) is 0 Å². The molecule has 4 heteroatoms. The minimum absolute atomic E-state index is 0.521. The van der Waals surface area contributed by atoms with Crippen molar-refractivity contribution in [2.75, 3.05) is 33.9 Å². The second-order valence-electron chi connectivity index (χ2n) is 6.05. The molecule has 0 aromatic rings. The minimum Gasteiger partial charge on any atom is -0.388 e. The highest BCUT2D eigenvalue weighted by Gasteiger charge is 2.33. The number of nitrogens with zero attached hydrogens (tertiary/aromatic N) is 1. The average Bonchev–Trinajstić information content (AvgIpc) is 2.39. The van der Waals surface area contributed by atoms with Crippen molar-refractivity contribution in [2.45, 2.75) is 56.2 Å². The molecule has 0 bridgehead atoms. The van der Waals surface area contributed by atoms with Gasteiger partial charge in [-0.1, -0.05) is 0 Å². The van der Waals surface area contributed by atoms with Crippen LogP contribution in [-0.4, -0.2) is 61.5 Å². The topological polar surface area (TPSA) is 44.7 Å². The molecule has 1 heterocycles. The first-order valence-electron chi connectivity index (χ1n) is 7.30. The second-order valence-corrected chi connectivity index (χ2v) is 6.05. The minimum atomic E-state index is -0.521. The van der Waals surface area contributed by atoms with Crippen LogP contribution in [0.25, 0.3) is 0 Å². The van der Waals surface area contributed by atoms with Crippen molar-refractivity contribution in [3.63, 3.8) is 0 Å². The van der Waals surface area contributed by atoms with E-state index in [4.69, 9.17) is 4.74 Å². The van der Waals surface area contributed by atoms with Gasteiger partial charge in [0.15, 0.2) is 0 Å². The van der Waals surface area contributed by atoms with Crippen LogP contribution in [0, 0.1) is 0 Å². The zero-order valence-corrected chi connectivity index (χ0v) is 11.8. The van der Waals surface area contributed by atoms with Gasteiger partial charge in [0.05, 0.1) is 5.60 Å². The van der Waals surface area contributed by atoms with E-state index in [0.717, 1.165) is 19.4 Å². The maximum atomic E-state index is 10.5. The van der Waals surface area contributed by atoms with Crippen LogP contribution >= 0.6 is 0 Å². The number of likely N-dealkylation sites (N-methyl/N-ethyl adjacent to an activating group) is 1. The third-order valence-electron chi connectivity index (χ3n) is 4.70. The number of ether oxygens (including phenoxy) is 1. The van der Waals surface area contributed by atoms with E-state index in [1.807, 2.05) is 0 Å². The Balaban J connectivity index is 1.79. The van der Waals surface area contributed by atoms with Crippen molar-refractivity contribution in [2.24, 2.45) is 0 Å². The van der Waals surface area contributed by atoms with Crippen molar-refractivity contribution in [1.29, 1.82) is 0 Å². The van der Waals surface area contributed by atoms with Gasteiger partial charge >= 0.3 is 0 Å². The molecule has 0 spiro atoms. The zero-order valence-electron chi connectivity index (χ0n) is 11.8. The summed E-state index contributed by atoms with van der Waals surface area (Å²) in [6.45, 7) is 2.21. The van der Waals surface area contributed by atoms with E-state index in [0.29, 0.717) is 25.3 Å². The van der Waals surface area contributed by atoms with E-state index < -0.39 is 5.60 Å². The highest BCUT2D eigenvalue weighted by molar-refractivity contribution is 4.88. The van der Waals surface area contributed by atoms with Gasteiger partial charge in [-0.3, -0.25) is 0 Å². The fraction of sp³-hybridized carbons (Fsp3) is 1.00. The van der Waals surface area contributed by atoms with Crippen LogP contribution in [0.3, 0.4) is 0 Å². The third kappa shape index (κ3) is 3.67. The summed E-state index contributed by atoms with van der Waals surface area (Å²) in [4.78, 5) is 2.37. The maximum absolute atomic E-state index is 10.5. The summed E-state index contributed by atoms with van der Waals surface area (Å²) in [5.74, 6) is 0. The Morgan fingerprint density at radius 1 is 1.22 bits per heavy atom. The summed E-state index contributed by atoms with van der Waals surface area (Å²) >= 11 is 0. The molecule has 18 heavy (non-hydrogen) atoms. The quantitative estimate of drug-likeness (QED) is 0.787. The molecule has 0 atom stereocenters. The summed E-state index contributed by atoms with van der Waals surface area (Å²) in [7, 11) is 4.22. The predicted octanol–water partition coefficient (Wildman–Crippen LogP) is 0.990. The Morgan fingerprint density at radius 3 is 2.39 bits per heavy atom. The lowest BCUT2D eigenvalue weighted by molar-refractivity contribution is -0.0830. The lowest BCUT2D eigenvalue weighted by atomic mass is 9.88. The molecule has 106 valence electrons. The highest BCUT2D eigenvalue weighted by Crippen LogP contribution is 2.26. The predicted molar refractivity (Wildman–Crippen MR) is 72.7 cm³/mol. The summed E-state index contributed by atoms with van der Waals surface area (Å²) in [6, 6.07) is 1.34. The molecule has 1 aliphatic heterocycles. The standard InChI is InChI=1S/C14H28N2O2/c1-15-12-3-5-13(6-4-12)16(2)11-14(17)7-9-18-10-8-14/h12-13,15,17H,3-11H2,1-2H3. The van der Waals surface area contributed by atoms with Crippen LogP contribution in [0.5, 0.6) is 0 Å². The molecule has 2 N–H and O–H groups in total. The highest BCUT2D eigenvalue weighted by atomic mass is 16.5. The normalized spacial score (nSPS) is 32.7. The van der Waals surface area contributed by atoms with E-state index in [9.17, 15) is 5.11 Å². The first kappa shape index (κ1) is 14.3. The van der Waals surface area contributed by atoms with E-state index in [2.05, 4.69) is 24.3 Å². The van der Waals surface area contributed by atoms with Crippen LogP contribution in [0.15, 0.2) is 0 Å². The average molecular weight is 256 g/mol. The van der Waals surface area contributed by atoms with Gasteiger partial charge in [-0.15, -0.1) is 0 Å². The molecule has 2 rings (SSSR count). The smallest absolute Gasteiger partial charge is 0.0817 e. The van der Waals surface area contributed by atoms with E-state index in [1.54, 1.807) is 0 Å². The number of hydrogen-bond acceptors (Lipinski definition) is 4. The van der Waals surface area contributed by atoms with Crippen molar-refractivity contribution >= 4 is 0 Å². The Hall–Kier alpha value is -0.160. The number of nitrogens with one attached hydrogen (secondary N) is 1. The van der Waals surface area contributed by atoms with Gasteiger partial charge < -0.3 is 20.1 Å². The fourth-order valence-electron chi connectivity index (χ4n) is 3.31. The molecular formula is C14H28N2O2. The SMILES string of the molecule is CNC1CCC(N(C)CC2(O)CCOCC2)CC1. The van der Waals surface area contributed by atoms with E-state index in [-0.39, 0.29) is 0 Å². The molecule has 0 aromatic carbocycles. The van der Waals surface area contributed by atoms with Crippen molar-refractivity contribution in [3.8, 4) is 0 Å². The molecule has 0 radical (unpaired) electrons. The van der Waals surface area contributed by atoms with Gasteiger partial charge in [0.1, 0.15) is 0 Å². The Kier molecular flexibility index (Phi) is 5.01. The largest absolute Gasteiger partial charge is 0.388 e. The van der Waals surface area contributed by atoms with Gasteiger partial charge in [0.2, 0.25) is 0 Å². The maximum Gasteiger partial charge on any atom is 0.0817 e. The fourth-order valence-corrected chi connectivity index (χ4v) is 3.31. The molecule has 0 aromatic heterocycles. The lowest BCUT2D eigenvalue weighted by Gasteiger charge is -2.40. The van der Waals surface area contributed by atoms with E-state index in [1.165, 1.54) is 25.7 Å². The Labute approximate surface area is 111 Å². The van der Waals surface area contributed by atoms with Gasteiger partial charge in [0, 0.05) is 44.7 Å². The van der Waals surface area contributed by atoms with E-state index >= 15 is 0 Å². The van der Waals surface area contributed by atoms with Crippen LogP contribution in [0.1, 0.15) is 38.5 Å². The molecule has 4 nitrogen and oxygen atoms in total. The van der Waals surface area contributed by atoms with Crippen LogP contribution in [-0.2, 0) is 4.74 Å². The summed E-state index contributed by atoms with van der Waals surface area (Å²) in [5, 5.41) is 13.9. The molecule has 1 saturated heterocycles. The summed E-state index contributed by atoms with van der Waals surface area (Å²) in [5.41, 5.74) is -0.521. The summed E-state index contributed by atoms with van der Waals surface area (Å²) < 4.78 is 5.33. The molecule has 2 aliphatic rings. The number of aliphatic hydroxyl groups is 1. The van der Waals surface area contributed by atoms with Gasteiger partial charge in [-0.05, 0) is 39.8 Å². The first-order valence-corrected chi connectivity index (χ1v) is 7.30. The van der Waals surface area contributed by atoms with Gasteiger partial charge in [-0.2, -0.15) is 0 Å². The first-order chi connectivity index (χ1) is 8.63. The molecule has 2 fully saturated rings. The second kappa shape index (κ2) is 6.33. The monoisotopic (exact) mass is 256 g/mol. The molecule has 1 saturated carbocycles. The lowest BCUT2D eigenvalue weighted by Crippen LogP contribution is -2.50. The molecule has 1 aliphatic carbocycles. The number of hydrogen-bond donors (Lipinski definition) is 2. The van der Waals surface area contributed by atoms with Crippen molar-refractivity contribution in [3.05, 3.63) is 0 Å². The summed E-state index contributed by atoms with van der Waals surface area (Å²) in [6.07, 6.45) is 6.57. The van der Waals surface area contributed by atoms with Crippen molar-refractivity contribution < 1.29 is 9.84 Å². The molecular weight excluding hydrogens is 228 g/mol. The third-order valence-corrected chi connectivity index (χ3v) is 4.70. The molecule has 0 unspecified atom stereocenters. The van der Waals surface area contributed by atoms with Gasteiger partial charge in [0.25, 0.3) is 0 Å². The Bertz CT molecular complexity index is 246. The Morgan fingerprint density at radius 2 is 1.83 bits per heavy atom. The zero-order chi connectivity index (χ0) is 13.0. The van der Waals surface area contributed by atoms with Gasteiger partial charge in [-0.25, -0.2) is 0 Å².